The zero-order valence-corrected chi connectivity index (χ0v) is 24.0. The quantitative estimate of drug-likeness (QED) is 0.445. The molecule has 3 aliphatic rings. The van der Waals surface area contributed by atoms with Crippen molar-refractivity contribution < 1.29 is 9.53 Å². The minimum absolute atomic E-state index is 0.0293. The van der Waals surface area contributed by atoms with Crippen LogP contribution in [0.1, 0.15) is 78.6 Å². The van der Waals surface area contributed by atoms with Crippen molar-refractivity contribution in [3.05, 3.63) is 76.0 Å². The van der Waals surface area contributed by atoms with Crippen LogP contribution in [-0.2, 0) is 0 Å². The van der Waals surface area contributed by atoms with E-state index in [0.29, 0.717) is 18.7 Å². The van der Waals surface area contributed by atoms with Gasteiger partial charge >= 0.3 is 0 Å². The van der Waals surface area contributed by atoms with Gasteiger partial charge in [0.15, 0.2) is 0 Å². The van der Waals surface area contributed by atoms with Crippen molar-refractivity contribution in [1.29, 1.82) is 0 Å². The number of hydrogen-bond acceptors (Lipinski definition) is 4. The molecule has 2 aromatic carbocycles. The topological polar surface area (TPSA) is 58.8 Å². The summed E-state index contributed by atoms with van der Waals surface area (Å²) in [5.74, 6) is 1.91. The predicted molar refractivity (Wildman–Crippen MR) is 159 cm³/mol. The number of aryl methyl sites for hydroxylation is 2. The third kappa shape index (κ3) is 6.50. The average molecular weight is 516 g/mol. The van der Waals surface area contributed by atoms with Gasteiger partial charge in [0.2, 0.25) is 0 Å². The second-order valence-corrected chi connectivity index (χ2v) is 11.2. The molecule has 2 heterocycles. The molecule has 38 heavy (non-hydrogen) atoms. The highest BCUT2D eigenvalue weighted by Gasteiger charge is 2.28. The van der Waals surface area contributed by atoms with E-state index < -0.39 is 0 Å². The molecular formula is C33H45N3O2. The molecule has 1 unspecified atom stereocenters. The monoisotopic (exact) mass is 515 g/mol. The molecule has 5 nitrogen and oxygen atoms in total. The van der Waals surface area contributed by atoms with Gasteiger partial charge in [-0.2, -0.15) is 0 Å². The van der Waals surface area contributed by atoms with Crippen LogP contribution in [0.5, 0.6) is 5.75 Å². The maximum atomic E-state index is 13.1. The third-order valence-corrected chi connectivity index (χ3v) is 8.17. The summed E-state index contributed by atoms with van der Waals surface area (Å²) in [6, 6.07) is 10.3. The van der Waals surface area contributed by atoms with E-state index in [0.717, 1.165) is 60.1 Å². The van der Waals surface area contributed by atoms with Gasteiger partial charge in [-0.05, 0) is 92.5 Å². The molecule has 1 atom stereocenters. The average Bonchev–Trinajstić information content (AvgIpc) is 3.75. The normalized spacial score (nSPS) is 19.2. The Bertz CT molecular complexity index is 1210. The highest BCUT2D eigenvalue weighted by atomic mass is 16.5. The van der Waals surface area contributed by atoms with Crippen molar-refractivity contribution in [3.63, 3.8) is 0 Å². The van der Waals surface area contributed by atoms with Crippen molar-refractivity contribution >= 4 is 17.7 Å². The minimum atomic E-state index is 0.0293. The van der Waals surface area contributed by atoms with Crippen LogP contribution in [0.25, 0.3) is 6.08 Å². The Kier molecular flexibility index (Phi) is 8.99. The molecule has 2 aliphatic heterocycles. The van der Waals surface area contributed by atoms with Gasteiger partial charge in [-0.3, -0.25) is 4.79 Å². The van der Waals surface area contributed by atoms with E-state index in [1.165, 1.54) is 36.0 Å². The summed E-state index contributed by atoms with van der Waals surface area (Å²) in [5, 5.41) is 0. The first-order valence-corrected chi connectivity index (χ1v) is 14.2. The van der Waals surface area contributed by atoms with Crippen molar-refractivity contribution in [3.8, 4) is 5.75 Å². The van der Waals surface area contributed by atoms with Crippen LogP contribution >= 0.6 is 0 Å². The van der Waals surface area contributed by atoms with Gasteiger partial charge in [-0.1, -0.05) is 51.0 Å². The lowest BCUT2D eigenvalue weighted by Gasteiger charge is -2.35. The van der Waals surface area contributed by atoms with Crippen LogP contribution in [0.4, 0.5) is 5.69 Å². The summed E-state index contributed by atoms with van der Waals surface area (Å²) in [4.78, 5) is 17.2. The molecule has 1 saturated heterocycles. The van der Waals surface area contributed by atoms with Gasteiger partial charge < -0.3 is 20.3 Å². The number of amides is 1. The number of nitrogens with two attached hydrogens (primary N) is 1. The summed E-state index contributed by atoms with van der Waals surface area (Å²) in [6.45, 7) is 17.7. The molecule has 0 aromatic heterocycles. The Morgan fingerprint density at radius 1 is 1.13 bits per heavy atom. The number of nitrogens with zero attached hydrogens (tertiary/aromatic N) is 2. The predicted octanol–water partition coefficient (Wildman–Crippen LogP) is 6.80. The number of hydrogen-bond donors (Lipinski definition) is 1. The summed E-state index contributed by atoms with van der Waals surface area (Å²) in [7, 11) is 0. The second-order valence-electron chi connectivity index (χ2n) is 11.2. The first-order valence-electron chi connectivity index (χ1n) is 14.2. The van der Waals surface area contributed by atoms with E-state index in [1.54, 1.807) is 0 Å². The summed E-state index contributed by atoms with van der Waals surface area (Å²) < 4.78 is 6.02. The van der Waals surface area contributed by atoms with Crippen LogP contribution in [-0.4, -0.2) is 43.1 Å². The minimum Gasteiger partial charge on any atom is -0.490 e. The summed E-state index contributed by atoms with van der Waals surface area (Å²) in [6.07, 6.45) is 8.56. The highest BCUT2D eigenvalue weighted by Crippen LogP contribution is 2.39. The highest BCUT2D eigenvalue weighted by molar-refractivity contribution is 5.96. The zero-order valence-electron chi connectivity index (χ0n) is 24.0. The Balaban J connectivity index is 0.000000603. The number of piperidine rings is 1. The molecule has 2 fully saturated rings. The molecule has 0 bridgehead atoms. The molecule has 5 heteroatoms. The smallest absolute Gasteiger partial charge is 0.254 e. The molecule has 204 valence electrons. The molecule has 2 N–H and O–H groups in total. The van der Waals surface area contributed by atoms with Crippen LogP contribution in [0.2, 0.25) is 0 Å². The maximum Gasteiger partial charge on any atom is 0.254 e. The molecule has 1 amide bonds. The number of carbonyl (C=O) groups excluding carboxylic acids is 1. The van der Waals surface area contributed by atoms with Crippen LogP contribution < -0.4 is 15.4 Å². The fraction of sp³-hybridized carbons (Fsp3) is 0.485. The fourth-order valence-corrected chi connectivity index (χ4v) is 5.32. The van der Waals surface area contributed by atoms with Crippen molar-refractivity contribution in [2.24, 2.45) is 11.7 Å². The van der Waals surface area contributed by atoms with Gasteiger partial charge in [0.1, 0.15) is 12.4 Å². The number of carbonyl (C=O) groups is 1. The van der Waals surface area contributed by atoms with Crippen LogP contribution in [0.3, 0.4) is 0 Å². The van der Waals surface area contributed by atoms with Crippen LogP contribution in [0.15, 0.2) is 48.2 Å². The van der Waals surface area contributed by atoms with Gasteiger partial charge in [0, 0.05) is 30.4 Å². The fourth-order valence-electron chi connectivity index (χ4n) is 5.32. The van der Waals surface area contributed by atoms with Gasteiger partial charge in [-0.25, -0.2) is 0 Å². The molecule has 0 radical (unpaired) electrons. The number of benzene rings is 2. The first-order chi connectivity index (χ1) is 18.2. The molecular weight excluding hydrogens is 470 g/mol. The molecule has 5 rings (SSSR count). The van der Waals surface area contributed by atoms with E-state index in [-0.39, 0.29) is 11.9 Å². The van der Waals surface area contributed by atoms with E-state index >= 15 is 0 Å². The molecule has 0 spiro atoms. The largest absolute Gasteiger partial charge is 0.490 e. The summed E-state index contributed by atoms with van der Waals surface area (Å²) in [5.41, 5.74) is 14.6. The lowest BCUT2D eigenvalue weighted by molar-refractivity contribution is 0.0708. The Hall–Kier alpha value is -3.05. The number of rotatable bonds is 5. The van der Waals surface area contributed by atoms with Gasteiger partial charge in [0.05, 0.1) is 12.2 Å². The standard InChI is InChI=1S/C28H35N3O2.C5H10/c1-18-8-6-9-23(21(18)4)14-19(2)22(5)31-12-13-33-26-16-24(15-20(3)27(26)31)28(32)30-11-7-10-25(29)17-30;1-2-5-3-4-5/h6,8-9,14-16,25H,5,7,10-13,17,29H2,1-4H3;5H,2-4H2,1H3/b19-14+;. The Morgan fingerprint density at radius 2 is 1.89 bits per heavy atom. The maximum absolute atomic E-state index is 13.1. The van der Waals surface area contributed by atoms with E-state index in [9.17, 15) is 4.79 Å². The molecule has 1 aliphatic carbocycles. The van der Waals surface area contributed by atoms with Gasteiger partial charge in [-0.15, -0.1) is 0 Å². The number of ether oxygens (including phenoxy) is 1. The van der Waals surface area contributed by atoms with Crippen LogP contribution in [0, 0.1) is 26.7 Å². The lowest BCUT2D eigenvalue weighted by Crippen LogP contribution is -2.45. The SMILES string of the molecule is C=C(/C(C)=C/c1cccc(C)c1C)N1CCOc2cc(C(=O)N3CCCC(N)C3)cc(C)c21.CCC1CC1. The molecule has 2 aromatic rings. The zero-order chi connectivity index (χ0) is 27.4. The first kappa shape index (κ1) is 28.0. The lowest BCUT2D eigenvalue weighted by atomic mass is 9.99. The Labute approximate surface area is 229 Å². The number of allylic oxidation sites excluding steroid dienone is 1. The molecule has 1 saturated carbocycles. The van der Waals surface area contributed by atoms with Crippen molar-refractivity contribution in [2.45, 2.75) is 72.8 Å². The number of likely N-dealkylation sites (tertiary alicyclic amines) is 1. The van der Waals surface area contributed by atoms with Gasteiger partial charge in [0.25, 0.3) is 5.91 Å². The summed E-state index contributed by atoms with van der Waals surface area (Å²) >= 11 is 0. The second kappa shape index (κ2) is 12.2. The third-order valence-electron chi connectivity index (χ3n) is 8.17. The number of anilines is 1. The van der Waals surface area contributed by atoms with E-state index in [2.05, 4.69) is 63.4 Å². The van der Waals surface area contributed by atoms with Crippen molar-refractivity contribution in [2.75, 3.05) is 31.1 Å². The van der Waals surface area contributed by atoms with Crippen molar-refractivity contribution in [1.82, 2.24) is 4.90 Å². The van der Waals surface area contributed by atoms with E-state index in [1.807, 2.05) is 24.0 Å². The number of fused-ring (bicyclic) bond motifs is 1. The Morgan fingerprint density at radius 3 is 2.55 bits per heavy atom. The van der Waals surface area contributed by atoms with E-state index in [4.69, 9.17) is 10.5 Å².